The van der Waals surface area contributed by atoms with Crippen LogP contribution in [-0.2, 0) is 7.05 Å². The Labute approximate surface area is 76.9 Å². The molecule has 13 heavy (non-hydrogen) atoms. The van der Waals surface area contributed by atoms with Crippen LogP contribution in [0.15, 0.2) is 30.5 Å². The average Bonchev–Trinajstić information content (AvgIpc) is 2.47. The molecule has 0 amide bonds. The van der Waals surface area contributed by atoms with Gasteiger partial charge in [0.1, 0.15) is 0 Å². The molecule has 2 rings (SSSR count). The third-order valence-electron chi connectivity index (χ3n) is 2.25. The van der Waals surface area contributed by atoms with E-state index in [9.17, 15) is 0 Å². The van der Waals surface area contributed by atoms with Crippen LogP contribution in [-0.4, -0.2) is 16.6 Å². The number of fused-ring (bicyclic) bond motifs is 1. The first-order valence-corrected chi connectivity index (χ1v) is 4.17. The Hall–Kier alpha value is -1.26. The fourth-order valence-corrected chi connectivity index (χ4v) is 1.48. The van der Waals surface area contributed by atoms with Crippen LogP contribution in [0, 0.1) is 0 Å². The van der Waals surface area contributed by atoms with E-state index in [2.05, 4.69) is 0 Å². The minimum Gasteiger partial charge on any atom is -0.434 e. The lowest BCUT2D eigenvalue weighted by Crippen LogP contribution is -2.39. The molecular weight excluding hydrogens is 163 g/mol. The molecule has 0 unspecified atom stereocenters. The standard InChI is InChI=1S/C9H11BN2O/c1-12-5-4-7-6-8(10(11)13)2-3-9(7)12/h2-6,13H,11H2,1H3. The van der Waals surface area contributed by atoms with Crippen molar-refractivity contribution in [3.05, 3.63) is 30.5 Å². The molecule has 3 nitrogen and oxygen atoms in total. The summed E-state index contributed by atoms with van der Waals surface area (Å²) in [6, 6.07) is 7.70. The number of hydrogen-bond donors (Lipinski definition) is 2. The molecule has 1 aromatic heterocycles. The van der Waals surface area contributed by atoms with Crippen molar-refractivity contribution in [1.29, 1.82) is 0 Å². The Balaban J connectivity index is 2.63. The molecular formula is C9H11BN2O. The van der Waals surface area contributed by atoms with Gasteiger partial charge in [0.05, 0.1) is 0 Å². The van der Waals surface area contributed by atoms with E-state index < -0.39 is 7.05 Å². The number of nitrogens with zero attached hydrogens (tertiary/aromatic N) is 1. The van der Waals surface area contributed by atoms with E-state index in [1.54, 1.807) is 0 Å². The van der Waals surface area contributed by atoms with Gasteiger partial charge in [-0.15, -0.1) is 0 Å². The zero-order valence-corrected chi connectivity index (χ0v) is 7.44. The van der Waals surface area contributed by atoms with E-state index >= 15 is 0 Å². The Kier molecular flexibility index (Phi) is 1.86. The highest BCUT2D eigenvalue weighted by Crippen LogP contribution is 2.12. The Morgan fingerprint density at radius 2 is 2.15 bits per heavy atom. The van der Waals surface area contributed by atoms with Crippen LogP contribution in [0.1, 0.15) is 0 Å². The smallest absolute Gasteiger partial charge is 0.410 e. The van der Waals surface area contributed by atoms with Crippen molar-refractivity contribution in [3.8, 4) is 0 Å². The van der Waals surface area contributed by atoms with E-state index in [0.717, 1.165) is 16.4 Å². The number of benzene rings is 1. The lowest BCUT2D eigenvalue weighted by atomic mass is 9.76. The van der Waals surface area contributed by atoms with E-state index in [1.165, 1.54) is 0 Å². The second-order valence-corrected chi connectivity index (χ2v) is 3.19. The van der Waals surface area contributed by atoms with Gasteiger partial charge in [-0.1, -0.05) is 12.1 Å². The summed E-state index contributed by atoms with van der Waals surface area (Å²) in [4.78, 5) is 0. The highest BCUT2D eigenvalue weighted by molar-refractivity contribution is 6.63. The lowest BCUT2D eigenvalue weighted by Gasteiger charge is -2.01. The summed E-state index contributed by atoms with van der Waals surface area (Å²) in [5.41, 5.74) is 7.25. The van der Waals surface area contributed by atoms with E-state index in [1.807, 2.05) is 42.1 Å². The summed E-state index contributed by atoms with van der Waals surface area (Å²) >= 11 is 0. The molecule has 0 aliphatic heterocycles. The Morgan fingerprint density at radius 1 is 1.38 bits per heavy atom. The molecule has 0 aliphatic carbocycles. The molecule has 3 N–H and O–H groups in total. The van der Waals surface area contributed by atoms with Crippen molar-refractivity contribution in [1.82, 2.24) is 4.57 Å². The minimum atomic E-state index is -0.885. The Bertz CT molecular complexity index is 436. The van der Waals surface area contributed by atoms with Gasteiger partial charge in [0.15, 0.2) is 0 Å². The molecule has 1 heterocycles. The maximum Gasteiger partial charge on any atom is 0.410 e. The van der Waals surface area contributed by atoms with Crippen molar-refractivity contribution < 1.29 is 5.02 Å². The maximum atomic E-state index is 9.16. The van der Waals surface area contributed by atoms with Crippen molar-refractivity contribution in [2.45, 2.75) is 0 Å². The molecule has 66 valence electrons. The van der Waals surface area contributed by atoms with Gasteiger partial charge in [-0.3, -0.25) is 0 Å². The van der Waals surface area contributed by atoms with Gasteiger partial charge in [-0.05, 0) is 23.0 Å². The van der Waals surface area contributed by atoms with E-state index in [-0.39, 0.29) is 0 Å². The number of rotatable bonds is 1. The molecule has 0 bridgehead atoms. The monoisotopic (exact) mass is 174 g/mol. The summed E-state index contributed by atoms with van der Waals surface area (Å²) < 4.78 is 2.03. The second kappa shape index (κ2) is 2.90. The molecule has 0 atom stereocenters. The average molecular weight is 174 g/mol. The molecule has 0 saturated heterocycles. The number of aryl methyl sites for hydroxylation is 1. The maximum absolute atomic E-state index is 9.16. The zero-order valence-electron chi connectivity index (χ0n) is 7.44. The predicted octanol–water partition coefficient (Wildman–Crippen LogP) is -0.176. The summed E-state index contributed by atoms with van der Waals surface area (Å²) in [6.07, 6.45) is 1.98. The van der Waals surface area contributed by atoms with Gasteiger partial charge >= 0.3 is 7.05 Å². The number of hydrogen-bond acceptors (Lipinski definition) is 2. The van der Waals surface area contributed by atoms with Crippen molar-refractivity contribution >= 4 is 23.4 Å². The number of aromatic nitrogens is 1. The van der Waals surface area contributed by atoms with Crippen molar-refractivity contribution in [2.24, 2.45) is 12.7 Å². The van der Waals surface area contributed by atoms with E-state index in [0.29, 0.717) is 0 Å². The summed E-state index contributed by atoms with van der Waals surface area (Å²) in [5.74, 6) is 0. The molecule has 1 aromatic carbocycles. The first kappa shape index (κ1) is 8.35. The highest BCUT2D eigenvalue weighted by Gasteiger charge is 2.08. The molecule has 0 radical (unpaired) electrons. The highest BCUT2D eigenvalue weighted by atomic mass is 16.2. The van der Waals surface area contributed by atoms with Gasteiger partial charge in [-0.2, -0.15) is 0 Å². The fraction of sp³-hybridized carbons (Fsp3) is 0.111. The molecule has 0 aliphatic rings. The second-order valence-electron chi connectivity index (χ2n) is 3.19. The normalized spacial score (nSPS) is 10.7. The van der Waals surface area contributed by atoms with Crippen LogP contribution in [0.25, 0.3) is 10.9 Å². The number of nitrogens with two attached hydrogens (primary N) is 1. The third kappa shape index (κ3) is 1.34. The molecule has 0 fully saturated rings. The SMILES string of the molecule is Cn1ccc2cc(B(N)O)ccc21. The van der Waals surface area contributed by atoms with Gasteiger partial charge in [0, 0.05) is 18.8 Å². The van der Waals surface area contributed by atoms with Crippen molar-refractivity contribution in [2.75, 3.05) is 0 Å². The zero-order chi connectivity index (χ0) is 9.42. The summed E-state index contributed by atoms with van der Waals surface area (Å²) in [5, 5.41) is 10.3. The van der Waals surface area contributed by atoms with Gasteiger partial charge < -0.3 is 15.2 Å². The van der Waals surface area contributed by atoms with Crippen LogP contribution >= 0.6 is 0 Å². The largest absolute Gasteiger partial charge is 0.434 e. The van der Waals surface area contributed by atoms with Gasteiger partial charge in [-0.25, -0.2) is 0 Å². The van der Waals surface area contributed by atoms with Crippen molar-refractivity contribution in [3.63, 3.8) is 0 Å². The van der Waals surface area contributed by atoms with E-state index in [4.69, 9.17) is 10.7 Å². The molecule has 2 aromatic rings. The third-order valence-corrected chi connectivity index (χ3v) is 2.25. The fourth-order valence-electron chi connectivity index (χ4n) is 1.48. The van der Waals surface area contributed by atoms with Gasteiger partial charge in [0.25, 0.3) is 0 Å². The topological polar surface area (TPSA) is 51.2 Å². The molecule has 0 saturated carbocycles. The first-order valence-electron chi connectivity index (χ1n) is 4.17. The van der Waals surface area contributed by atoms with Crippen LogP contribution in [0.3, 0.4) is 0 Å². The first-order chi connectivity index (χ1) is 6.18. The lowest BCUT2D eigenvalue weighted by molar-refractivity contribution is 0.588. The minimum absolute atomic E-state index is 0.749. The van der Waals surface area contributed by atoms with Crippen LogP contribution in [0.4, 0.5) is 0 Å². The summed E-state index contributed by atoms with van der Waals surface area (Å²) in [7, 11) is 1.10. The van der Waals surface area contributed by atoms with Crippen LogP contribution in [0.2, 0.25) is 0 Å². The van der Waals surface area contributed by atoms with Crippen LogP contribution < -0.4 is 11.1 Å². The predicted molar refractivity (Wildman–Crippen MR) is 54.7 cm³/mol. The summed E-state index contributed by atoms with van der Waals surface area (Å²) in [6.45, 7) is 0. The Morgan fingerprint density at radius 3 is 2.85 bits per heavy atom. The van der Waals surface area contributed by atoms with Crippen LogP contribution in [0.5, 0.6) is 0 Å². The quantitative estimate of drug-likeness (QED) is 0.589. The van der Waals surface area contributed by atoms with Gasteiger partial charge in [0.2, 0.25) is 0 Å². The molecule has 4 heteroatoms. The molecule has 0 spiro atoms.